The average molecular weight is 347 g/mol. The zero-order valence-electron chi connectivity index (χ0n) is 14.5. The van der Waals surface area contributed by atoms with Gasteiger partial charge in [0.2, 0.25) is 11.8 Å². The molecule has 0 bridgehead atoms. The maximum Gasteiger partial charge on any atom is 0.251 e. The first-order chi connectivity index (χ1) is 12.1. The van der Waals surface area contributed by atoms with Crippen LogP contribution >= 0.6 is 0 Å². The average Bonchev–Trinajstić information content (AvgIpc) is 2.62. The number of benzene rings is 1. The van der Waals surface area contributed by atoms with Crippen LogP contribution in [-0.2, 0) is 9.59 Å². The third kappa shape index (κ3) is 6.45. The zero-order valence-corrected chi connectivity index (χ0v) is 14.5. The van der Waals surface area contributed by atoms with E-state index in [1.54, 1.807) is 24.3 Å². The Kier molecular flexibility index (Phi) is 7.25. The lowest BCUT2D eigenvalue weighted by Gasteiger charge is -2.23. The van der Waals surface area contributed by atoms with E-state index in [0.29, 0.717) is 31.6 Å². The van der Waals surface area contributed by atoms with E-state index in [0.717, 1.165) is 18.6 Å². The molecule has 1 atom stereocenters. The van der Waals surface area contributed by atoms with Gasteiger partial charge in [0.1, 0.15) is 5.75 Å². The lowest BCUT2D eigenvalue weighted by molar-refractivity contribution is -0.125. The second kappa shape index (κ2) is 9.66. The molecule has 1 saturated heterocycles. The smallest absolute Gasteiger partial charge is 0.251 e. The van der Waals surface area contributed by atoms with Crippen molar-refractivity contribution in [2.45, 2.75) is 38.6 Å². The van der Waals surface area contributed by atoms with Crippen LogP contribution in [0.5, 0.6) is 5.75 Å². The summed E-state index contributed by atoms with van der Waals surface area (Å²) in [5.74, 6) is 0.143. The lowest BCUT2D eigenvalue weighted by Crippen LogP contribution is -2.50. The molecular formula is C18H25N3O4. The van der Waals surface area contributed by atoms with Gasteiger partial charge in [-0.05, 0) is 37.1 Å². The van der Waals surface area contributed by atoms with Gasteiger partial charge in [0.15, 0.2) is 0 Å². The highest BCUT2D eigenvalue weighted by atomic mass is 16.5. The Morgan fingerprint density at radius 1 is 1.28 bits per heavy atom. The molecule has 0 unspecified atom stereocenters. The molecule has 1 fully saturated rings. The van der Waals surface area contributed by atoms with Crippen LogP contribution in [0.3, 0.4) is 0 Å². The van der Waals surface area contributed by atoms with Gasteiger partial charge in [-0.1, -0.05) is 13.3 Å². The molecule has 1 aliphatic rings. The van der Waals surface area contributed by atoms with Crippen molar-refractivity contribution in [2.75, 3.05) is 19.7 Å². The van der Waals surface area contributed by atoms with Crippen molar-refractivity contribution in [3.05, 3.63) is 29.8 Å². The van der Waals surface area contributed by atoms with E-state index in [9.17, 15) is 14.4 Å². The Bertz CT molecular complexity index is 591. The van der Waals surface area contributed by atoms with Gasteiger partial charge < -0.3 is 20.7 Å². The summed E-state index contributed by atoms with van der Waals surface area (Å²) < 4.78 is 5.55. The fraction of sp³-hybridized carbons (Fsp3) is 0.500. The number of nitrogens with one attached hydrogen (secondary N) is 3. The molecule has 7 heteroatoms. The quantitative estimate of drug-likeness (QED) is 0.611. The Hall–Kier alpha value is -2.57. The maximum absolute atomic E-state index is 12.1. The number of unbranched alkanes of at least 4 members (excludes halogenated alkanes) is 1. The first-order valence-electron chi connectivity index (χ1n) is 8.65. The Balaban J connectivity index is 1.72. The normalized spacial score (nSPS) is 16.7. The Morgan fingerprint density at radius 2 is 2.04 bits per heavy atom. The van der Waals surface area contributed by atoms with Crippen LogP contribution in [0.4, 0.5) is 0 Å². The highest BCUT2D eigenvalue weighted by Crippen LogP contribution is 2.12. The van der Waals surface area contributed by atoms with Crippen molar-refractivity contribution in [3.8, 4) is 5.75 Å². The van der Waals surface area contributed by atoms with Crippen molar-refractivity contribution >= 4 is 17.7 Å². The standard InChI is InChI=1S/C18H25N3O4/c1-2-3-10-25-15-7-4-13(5-8-15)18(24)20-12-17(23)21-14-6-9-16(22)19-11-14/h4-5,7-8,14H,2-3,6,9-12H2,1H3,(H,19,22)(H,20,24)(H,21,23)/t14-/m0/s1. The van der Waals surface area contributed by atoms with E-state index < -0.39 is 0 Å². The zero-order chi connectivity index (χ0) is 18.1. The molecule has 1 heterocycles. The van der Waals surface area contributed by atoms with Gasteiger partial charge in [-0.3, -0.25) is 14.4 Å². The van der Waals surface area contributed by atoms with Crippen molar-refractivity contribution in [1.82, 2.24) is 16.0 Å². The summed E-state index contributed by atoms with van der Waals surface area (Å²) in [5.41, 5.74) is 0.473. The van der Waals surface area contributed by atoms with Crippen LogP contribution in [0.2, 0.25) is 0 Å². The van der Waals surface area contributed by atoms with E-state index in [4.69, 9.17) is 4.74 Å². The number of rotatable bonds is 8. The fourth-order valence-electron chi connectivity index (χ4n) is 2.43. The molecule has 0 aliphatic carbocycles. The Labute approximate surface area is 147 Å². The van der Waals surface area contributed by atoms with Crippen LogP contribution in [0.1, 0.15) is 43.0 Å². The number of carbonyl (C=O) groups is 3. The molecule has 3 N–H and O–H groups in total. The monoisotopic (exact) mass is 347 g/mol. The third-order valence-corrected chi connectivity index (χ3v) is 3.92. The molecule has 25 heavy (non-hydrogen) atoms. The highest BCUT2D eigenvalue weighted by Gasteiger charge is 2.19. The van der Waals surface area contributed by atoms with E-state index in [1.165, 1.54) is 0 Å². The van der Waals surface area contributed by atoms with Crippen LogP contribution in [0, 0.1) is 0 Å². The molecule has 136 valence electrons. The van der Waals surface area contributed by atoms with Crippen molar-refractivity contribution in [1.29, 1.82) is 0 Å². The molecule has 1 aromatic carbocycles. The van der Waals surface area contributed by atoms with Gasteiger partial charge in [-0.25, -0.2) is 0 Å². The predicted octanol–water partition coefficient (Wildman–Crippen LogP) is 0.990. The largest absolute Gasteiger partial charge is 0.494 e. The summed E-state index contributed by atoms with van der Waals surface area (Å²) in [6.07, 6.45) is 3.08. The topological polar surface area (TPSA) is 96.5 Å². The summed E-state index contributed by atoms with van der Waals surface area (Å²) in [5, 5.41) is 8.08. The number of piperidine rings is 1. The van der Waals surface area contributed by atoms with Gasteiger partial charge in [-0.2, -0.15) is 0 Å². The van der Waals surface area contributed by atoms with E-state index in [1.807, 2.05) is 0 Å². The number of carbonyl (C=O) groups excluding carboxylic acids is 3. The van der Waals surface area contributed by atoms with Crippen LogP contribution < -0.4 is 20.7 Å². The number of ether oxygens (including phenoxy) is 1. The van der Waals surface area contributed by atoms with Gasteiger partial charge in [0.25, 0.3) is 5.91 Å². The predicted molar refractivity (Wildman–Crippen MR) is 93.4 cm³/mol. The minimum absolute atomic E-state index is 0.000854. The van der Waals surface area contributed by atoms with Crippen LogP contribution in [0.25, 0.3) is 0 Å². The number of amides is 3. The summed E-state index contributed by atoms with van der Waals surface area (Å²) in [6.45, 7) is 3.08. The van der Waals surface area contributed by atoms with E-state index in [2.05, 4.69) is 22.9 Å². The first-order valence-corrected chi connectivity index (χ1v) is 8.65. The first kappa shape index (κ1) is 18.8. The molecule has 2 rings (SSSR count). The minimum Gasteiger partial charge on any atom is -0.494 e. The third-order valence-electron chi connectivity index (χ3n) is 3.92. The molecule has 1 aliphatic heterocycles. The SMILES string of the molecule is CCCCOc1ccc(C(=O)NCC(=O)N[C@H]2CCC(=O)NC2)cc1. The molecule has 0 spiro atoms. The van der Waals surface area contributed by atoms with Gasteiger partial charge in [0.05, 0.1) is 13.2 Å². The van der Waals surface area contributed by atoms with Crippen molar-refractivity contribution in [3.63, 3.8) is 0 Å². The number of hydrogen-bond donors (Lipinski definition) is 3. The summed E-state index contributed by atoms with van der Waals surface area (Å²) in [4.78, 5) is 35.0. The van der Waals surface area contributed by atoms with E-state index in [-0.39, 0.29) is 30.3 Å². The van der Waals surface area contributed by atoms with E-state index >= 15 is 0 Å². The molecule has 7 nitrogen and oxygen atoms in total. The summed E-state index contributed by atoms with van der Waals surface area (Å²) in [6, 6.07) is 6.75. The second-order valence-electron chi connectivity index (χ2n) is 6.02. The van der Waals surface area contributed by atoms with Crippen molar-refractivity contribution < 1.29 is 19.1 Å². The molecule has 0 radical (unpaired) electrons. The van der Waals surface area contributed by atoms with Gasteiger partial charge in [0, 0.05) is 24.6 Å². The minimum atomic E-state index is -0.313. The highest BCUT2D eigenvalue weighted by molar-refractivity contribution is 5.96. The fourth-order valence-corrected chi connectivity index (χ4v) is 2.43. The molecule has 3 amide bonds. The van der Waals surface area contributed by atoms with Crippen molar-refractivity contribution in [2.24, 2.45) is 0 Å². The second-order valence-corrected chi connectivity index (χ2v) is 6.02. The molecule has 0 aromatic heterocycles. The molecule has 1 aromatic rings. The van der Waals surface area contributed by atoms with Gasteiger partial charge >= 0.3 is 0 Å². The molecular weight excluding hydrogens is 322 g/mol. The van der Waals surface area contributed by atoms with Crippen LogP contribution in [-0.4, -0.2) is 43.5 Å². The molecule has 0 saturated carbocycles. The lowest BCUT2D eigenvalue weighted by atomic mass is 10.1. The summed E-state index contributed by atoms with van der Waals surface area (Å²) >= 11 is 0. The van der Waals surface area contributed by atoms with Crippen LogP contribution in [0.15, 0.2) is 24.3 Å². The van der Waals surface area contributed by atoms with Gasteiger partial charge in [-0.15, -0.1) is 0 Å². The maximum atomic E-state index is 12.1. The Morgan fingerprint density at radius 3 is 2.68 bits per heavy atom. The summed E-state index contributed by atoms with van der Waals surface area (Å²) in [7, 11) is 0. The number of hydrogen-bond acceptors (Lipinski definition) is 4.